The second kappa shape index (κ2) is 5.26. The highest BCUT2D eigenvalue weighted by Crippen LogP contribution is 2.27. The zero-order valence-electron chi connectivity index (χ0n) is 9.60. The van der Waals surface area contributed by atoms with Gasteiger partial charge in [0.25, 0.3) is 0 Å². The maximum Gasteiger partial charge on any atom is 0.0656 e. The third-order valence-corrected chi connectivity index (χ3v) is 2.79. The van der Waals surface area contributed by atoms with Gasteiger partial charge in [-0.25, -0.2) is 0 Å². The lowest BCUT2D eigenvalue weighted by atomic mass is 10.1. The van der Waals surface area contributed by atoms with Crippen molar-refractivity contribution in [2.45, 2.75) is 39.7 Å². The van der Waals surface area contributed by atoms with E-state index in [-0.39, 0.29) is 0 Å². The van der Waals surface area contributed by atoms with Crippen molar-refractivity contribution >= 4 is 23.0 Å². The lowest BCUT2D eigenvalue weighted by Gasteiger charge is -2.17. The molecule has 0 amide bonds. The van der Waals surface area contributed by atoms with Gasteiger partial charge in [0, 0.05) is 11.7 Å². The van der Waals surface area contributed by atoms with E-state index in [2.05, 4.69) is 19.2 Å². The molecule has 2 nitrogen and oxygen atoms in total. The largest absolute Gasteiger partial charge is 0.398 e. The predicted octanol–water partition coefficient (Wildman–Crippen LogP) is 3.83. The minimum Gasteiger partial charge on any atom is -0.398 e. The van der Waals surface area contributed by atoms with Crippen LogP contribution in [0.4, 0.5) is 11.4 Å². The number of anilines is 2. The van der Waals surface area contributed by atoms with Crippen LogP contribution in [-0.2, 0) is 0 Å². The molecule has 0 saturated heterocycles. The number of nitrogens with one attached hydrogen (secondary N) is 1. The highest BCUT2D eigenvalue weighted by Gasteiger charge is 2.06. The highest BCUT2D eigenvalue weighted by atomic mass is 35.5. The van der Waals surface area contributed by atoms with Gasteiger partial charge in [-0.1, -0.05) is 24.9 Å². The first kappa shape index (κ1) is 12.2. The highest BCUT2D eigenvalue weighted by molar-refractivity contribution is 6.33. The van der Waals surface area contributed by atoms with Crippen LogP contribution < -0.4 is 11.1 Å². The summed E-state index contributed by atoms with van der Waals surface area (Å²) in [4.78, 5) is 0. The minimum absolute atomic E-state index is 0.466. The van der Waals surface area contributed by atoms with Gasteiger partial charge in [0.05, 0.1) is 10.7 Å². The Hall–Kier alpha value is -0.890. The van der Waals surface area contributed by atoms with Gasteiger partial charge in [0.15, 0.2) is 0 Å². The van der Waals surface area contributed by atoms with E-state index >= 15 is 0 Å². The fourth-order valence-corrected chi connectivity index (χ4v) is 1.79. The summed E-state index contributed by atoms with van der Waals surface area (Å²) < 4.78 is 0. The monoisotopic (exact) mass is 226 g/mol. The summed E-state index contributed by atoms with van der Waals surface area (Å²) in [7, 11) is 0. The number of rotatable bonds is 4. The average Bonchev–Trinajstić information content (AvgIpc) is 2.14. The van der Waals surface area contributed by atoms with Crippen LogP contribution in [0.5, 0.6) is 0 Å². The minimum atomic E-state index is 0.466. The smallest absolute Gasteiger partial charge is 0.0656 e. The fraction of sp³-hybridized carbons (Fsp3) is 0.500. The number of benzene rings is 1. The summed E-state index contributed by atoms with van der Waals surface area (Å²) in [6.45, 7) is 6.39. The van der Waals surface area contributed by atoms with Crippen molar-refractivity contribution in [3.05, 3.63) is 22.7 Å². The van der Waals surface area contributed by atoms with E-state index in [1.54, 1.807) is 0 Å². The summed E-state index contributed by atoms with van der Waals surface area (Å²) in [6, 6.07) is 4.27. The van der Waals surface area contributed by atoms with Crippen molar-refractivity contribution in [2.75, 3.05) is 11.1 Å². The molecule has 0 radical (unpaired) electrons. The Bertz CT molecular complexity index is 337. The van der Waals surface area contributed by atoms with Gasteiger partial charge in [-0.05, 0) is 38.0 Å². The zero-order chi connectivity index (χ0) is 11.4. The topological polar surface area (TPSA) is 38.0 Å². The first-order valence-corrected chi connectivity index (χ1v) is 5.74. The molecule has 0 heterocycles. The number of halogens is 1. The molecule has 0 saturated carbocycles. The third-order valence-electron chi connectivity index (χ3n) is 2.47. The van der Waals surface area contributed by atoms with Gasteiger partial charge in [0.1, 0.15) is 0 Å². The number of nitrogen functional groups attached to an aromatic ring is 1. The lowest BCUT2D eigenvalue weighted by molar-refractivity contribution is 0.690. The molecule has 0 aromatic heterocycles. The zero-order valence-corrected chi connectivity index (χ0v) is 10.4. The molecule has 3 heteroatoms. The van der Waals surface area contributed by atoms with E-state index in [4.69, 9.17) is 17.3 Å². The van der Waals surface area contributed by atoms with Crippen LogP contribution in [0, 0.1) is 6.92 Å². The van der Waals surface area contributed by atoms with Gasteiger partial charge in [-0.3, -0.25) is 0 Å². The van der Waals surface area contributed by atoms with E-state index in [9.17, 15) is 0 Å². The van der Waals surface area contributed by atoms with E-state index in [0.717, 1.165) is 17.7 Å². The number of hydrogen-bond acceptors (Lipinski definition) is 2. The van der Waals surface area contributed by atoms with Gasteiger partial charge in [-0.2, -0.15) is 0 Å². The summed E-state index contributed by atoms with van der Waals surface area (Å²) in [5.41, 5.74) is 8.58. The van der Waals surface area contributed by atoms with Crippen LogP contribution in [0.15, 0.2) is 12.1 Å². The first-order valence-electron chi connectivity index (χ1n) is 5.36. The van der Waals surface area contributed by atoms with Gasteiger partial charge in [-0.15, -0.1) is 0 Å². The van der Waals surface area contributed by atoms with Gasteiger partial charge < -0.3 is 11.1 Å². The SMILES string of the molecule is CCCC(C)Nc1cc(Cl)c(N)cc1C. The second-order valence-corrected chi connectivity index (χ2v) is 4.43. The van der Waals surface area contributed by atoms with Gasteiger partial charge >= 0.3 is 0 Å². The van der Waals surface area contributed by atoms with Crippen LogP contribution in [0.2, 0.25) is 5.02 Å². The molecule has 84 valence electrons. The van der Waals surface area contributed by atoms with Gasteiger partial charge in [0.2, 0.25) is 0 Å². The van der Waals surface area contributed by atoms with E-state index in [1.807, 2.05) is 19.1 Å². The standard InChI is InChI=1S/C12H19ClN2/c1-4-5-9(3)15-12-7-10(13)11(14)6-8(12)2/h6-7,9,15H,4-5,14H2,1-3H3. The molecule has 0 aliphatic rings. The van der Waals surface area contributed by atoms with Crippen LogP contribution in [0.25, 0.3) is 0 Å². The summed E-state index contributed by atoms with van der Waals surface area (Å²) in [5, 5.41) is 4.06. The molecule has 1 rings (SSSR count). The van der Waals surface area contributed by atoms with Crippen LogP contribution in [0.3, 0.4) is 0 Å². The molecule has 0 aliphatic heterocycles. The molecule has 1 unspecified atom stereocenters. The predicted molar refractivity (Wildman–Crippen MR) is 68.6 cm³/mol. The Kier molecular flexibility index (Phi) is 4.28. The molecule has 1 aromatic carbocycles. The lowest BCUT2D eigenvalue weighted by Crippen LogP contribution is -2.15. The van der Waals surface area contributed by atoms with Crippen molar-refractivity contribution in [2.24, 2.45) is 0 Å². The normalized spacial score (nSPS) is 12.5. The third kappa shape index (κ3) is 3.31. The van der Waals surface area contributed by atoms with Crippen LogP contribution in [0.1, 0.15) is 32.3 Å². The number of aryl methyl sites for hydroxylation is 1. The van der Waals surface area contributed by atoms with Crippen LogP contribution in [-0.4, -0.2) is 6.04 Å². The molecule has 0 aliphatic carbocycles. The molecule has 1 aromatic rings. The number of hydrogen-bond donors (Lipinski definition) is 2. The molecule has 3 N–H and O–H groups in total. The second-order valence-electron chi connectivity index (χ2n) is 4.02. The molecule has 0 fully saturated rings. The van der Waals surface area contributed by atoms with E-state index in [0.29, 0.717) is 16.8 Å². The van der Waals surface area contributed by atoms with Crippen molar-refractivity contribution in [3.8, 4) is 0 Å². The Morgan fingerprint density at radius 1 is 1.47 bits per heavy atom. The van der Waals surface area contributed by atoms with E-state index < -0.39 is 0 Å². The first-order chi connectivity index (χ1) is 7.04. The fourth-order valence-electron chi connectivity index (χ4n) is 1.63. The average molecular weight is 227 g/mol. The molecule has 0 bridgehead atoms. The van der Waals surface area contributed by atoms with Crippen molar-refractivity contribution in [1.82, 2.24) is 0 Å². The van der Waals surface area contributed by atoms with Crippen molar-refractivity contribution in [3.63, 3.8) is 0 Å². The van der Waals surface area contributed by atoms with Crippen LogP contribution >= 0.6 is 11.6 Å². The molecular formula is C12H19ClN2. The Labute approximate surface area is 96.8 Å². The Balaban J connectivity index is 2.81. The summed E-state index contributed by atoms with van der Waals surface area (Å²) in [5.74, 6) is 0. The van der Waals surface area contributed by atoms with Crippen molar-refractivity contribution in [1.29, 1.82) is 0 Å². The maximum atomic E-state index is 5.98. The maximum absolute atomic E-state index is 5.98. The number of nitrogens with two attached hydrogens (primary N) is 1. The Morgan fingerprint density at radius 3 is 2.73 bits per heavy atom. The van der Waals surface area contributed by atoms with E-state index in [1.165, 1.54) is 6.42 Å². The summed E-state index contributed by atoms with van der Waals surface area (Å²) in [6.07, 6.45) is 2.33. The molecule has 0 spiro atoms. The Morgan fingerprint density at radius 2 is 2.13 bits per heavy atom. The van der Waals surface area contributed by atoms with Crippen molar-refractivity contribution < 1.29 is 0 Å². The quantitative estimate of drug-likeness (QED) is 0.766. The molecular weight excluding hydrogens is 208 g/mol. The molecule has 1 atom stereocenters. The summed E-state index contributed by atoms with van der Waals surface area (Å²) >= 11 is 5.98. The molecule has 15 heavy (non-hydrogen) atoms.